The minimum Gasteiger partial charge on any atom is -0.504 e. The number of rotatable bonds is 6. The molecule has 0 fully saturated rings. The molecule has 6 heteroatoms. The molecule has 0 unspecified atom stereocenters. The van der Waals surface area contributed by atoms with E-state index in [0.717, 1.165) is 5.56 Å². The maximum Gasteiger partial charge on any atom is 0.218 e. The van der Waals surface area contributed by atoms with E-state index >= 15 is 0 Å². The van der Waals surface area contributed by atoms with Gasteiger partial charge in [-0.05, 0) is 24.1 Å². The predicted molar refractivity (Wildman–Crippen MR) is 67.2 cm³/mol. The first-order valence-corrected chi connectivity index (χ1v) is 6.01. The van der Waals surface area contributed by atoms with Crippen molar-refractivity contribution in [2.75, 3.05) is 13.7 Å². The van der Waals surface area contributed by atoms with Crippen LogP contribution in [-0.4, -0.2) is 34.1 Å². The van der Waals surface area contributed by atoms with E-state index in [-0.39, 0.29) is 12.4 Å². The molecule has 0 aliphatic heterocycles. The van der Waals surface area contributed by atoms with Crippen molar-refractivity contribution in [2.45, 2.75) is 19.3 Å². The maximum absolute atomic E-state index is 9.49. The largest absolute Gasteiger partial charge is 0.504 e. The van der Waals surface area contributed by atoms with Crippen molar-refractivity contribution in [2.24, 2.45) is 0 Å². The molecule has 0 saturated heterocycles. The van der Waals surface area contributed by atoms with Crippen molar-refractivity contribution in [1.29, 1.82) is 0 Å². The second kappa shape index (κ2) is 6.19. The van der Waals surface area contributed by atoms with Crippen LogP contribution in [0.5, 0.6) is 11.5 Å². The lowest BCUT2D eigenvalue weighted by Crippen LogP contribution is -1.93. The average Bonchev–Trinajstić information content (AvgIpc) is 2.86. The highest BCUT2D eigenvalue weighted by Crippen LogP contribution is 2.26. The van der Waals surface area contributed by atoms with Crippen molar-refractivity contribution in [3.05, 3.63) is 35.5 Å². The van der Waals surface area contributed by atoms with E-state index < -0.39 is 0 Å². The zero-order valence-corrected chi connectivity index (χ0v) is 10.7. The molecule has 2 rings (SSSR count). The van der Waals surface area contributed by atoms with Crippen LogP contribution in [0.4, 0.5) is 0 Å². The molecule has 6 nitrogen and oxygen atoms in total. The SMILES string of the molecule is COc1cc(CCc2nnc(CCO)o2)ccc1O. The molecule has 1 aromatic heterocycles. The van der Waals surface area contributed by atoms with E-state index in [9.17, 15) is 5.11 Å². The smallest absolute Gasteiger partial charge is 0.218 e. The summed E-state index contributed by atoms with van der Waals surface area (Å²) in [6.07, 6.45) is 1.68. The van der Waals surface area contributed by atoms with Gasteiger partial charge in [0.15, 0.2) is 11.5 Å². The normalized spacial score (nSPS) is 10.6. The number of nitrogens with zero attached hydrogens (tertiary/aromatic N) is 2. The van der Waals surface area contributed by atoms with Crippen molar-refractivity contribution in [3.63, 3.8) is 0 Å². The lowest BCUT2D eigenvalue weighted by atomic mass is 10.1. The molecule has 0 bridgehead atoms. The fourth-order valence-corrected chi connectivity index (χ4v) is 1.71. The van der Waals surface area contributed by atoms with Gasteiger partial charge >= 0.3 is 0 Å². The molecule has 0 aliphatic carbocycles. The average molecular weight is 264 g/mol. The summed E-state index contributed by atoms with van der Waals surface area (Å²) >= 11 is 0. The highest BCUT2D eigenvalue weighted by molar-refractivity contribution is 5.41. The number of methoxy groups -OCH3 is 1. The van der Waals surface area contributed by atoms with Gasteiger partial charge in [0.05, 0.1) is 13.7 Å². The number of aliphatic hydroxyl groups excluding tert-OH is 1. The second-order valence-electron chi connectivity index (χ2n) is 4.07. The van der Waals surface area contributed by atoms with Gasteiger partial charge in [-0.3, -0.25) is 0 Å². The van der Waals surface area contributed by atoms with Gasteiger partial charge in [-0.1, -0.05) is 6.07 Å². The molecular formula is C13H16N2O4. The lowest BCUT2D eigenvalue weighted by Gasteiger charge is -2.05. The Morgan fingerprint density at radius 2 is 1.89 bits per heavy atom. The van der Waals surface area contributed by atoms with Crippen LogP contribution in [0.2, 0.25) is 0 Å². The number of benzene rings is 1. The van der Waals surface area contributed by atoms with E-state index in [4.69, 9.17) is 14.3 Å². The second-order valence-corrected chi connectivity index (χ2v) is 4.07. The highest BCUT2D eigenvalue weighted by atomic mass is 16.5. The monoisotopic (exact) mass is 264 g/mol. The van der Waals surface area contributed by atoms with Gasteiger partial charge in [0.1, 0.15) is 0 Å². The number of aromatic nitrogens is 2. The molecule has 0 atom stereocenters. The highest BCUT2D eigenvalue weighted by Gasteiger charge is 2.07. The Hall–Kier alpha value is -2.08. The Morgan fingerprint density at radius 1 is 1.16 bits per heavy atom. The predicted octanol–water partition coefficient (Wildman–Crippen LogP) is 1.10. The van der Waals surface area contributed by atoms with Crippen LogP contribution in [0.15, 0.2) is 22.6 Å². The van der Waals surface area contributed by atoms with Gasteiger partial charge in [0, 0.05) is 12.8 Å². The van der Waals surface area contributed by atoms with Crippen LogP contribution in [0.1, 0.15) is 17.3 Å². The molecule has 0 aliphatic rings. The minimum atomic E-state index is -0.00318. The molecule has 0 amide bonds. The van der Waals surface area contributed by atoms with E-state index in [1.807, 2.05) is 6.07 Å². The lowest BCUT2D eigenvalue weighted by molar-refractivity contribution is 0.283. The number of aryl methyl sites for hydroxylation is 2. The molecule has 2 N–H and O–H groups in total. The summed E-state index contributed by atoms with van der Waals surface area (Å²) in [7, 11) is 1.51. The number of hydrogen-bond acceptors (Lipinski definition) is 6. The van der Waals surface area contributed by atoms with Crippen molar-refractivity contribution >= 4 is 0 Å². The van der Waals surface area contributed by atoms with Crippen LogP contribution >= 0.6 is 0 Å². The molecule has 0 saturated carbocycles. The topological polar surface area (TPSA) is 88.6 Å². The Balaban J connectivity index is 1.97. The molecule has 0 radical (unpaired) electrons. The first kappa shape index (κ1) is 13.4. The van der Waals surface area contributed by atoms with E-state index in [1.54, 1.807) is 12.1 Å². The van der Waals surface area contributed by atoms with E-state index in [0.29, 0.717) is 36.8 Å². The van der Waals surface area contributed by atoms with E-state index in [1.165, 1.54) is 7.11 Å². The Bertz CT molecular complexity index is 539. The number of aromatic hydroxyl groups is 1. The summed E-state index contributed by atoms with van der Waals surface area (Å²) < 4.78 is 10.4. The summed E-state index contributed by atoms with van der Waals surface area (Å²) in [5.74, 6) is 1.55. The fraction of sp³-hybridized carbons (Fsp3) is 0.385. The van der Waals surface area contributed by atoms with Gasteiger partial charge in [-0.2, -0.15) is 0 Å². The molecule has 2 aromatic rings. The molecule has 1 aromatic carbocycles. The quantitative estimate of drug-likeness (QED) is 0.812. The van der Waals surface area contributed by atoms with Crippen LogP contribution in [0.3, 0.4) is 0 Å². The van der Waals surface area contributed by atoms with Crippen LogP contribution in [0.25, 0.3) is 0 Å². The van der Waals surface area contributed by atoms with Gasteiger partial charge in [-0.25, -0.2) is 0 Å². The molecule has 0 spiro atoms. The van der Waals surface area contributed by atoms with Gasteiger partial charge in [-0.15, -0.1) is 10.2 Å². The maximum atomic E-state index is 9.49. The first-order valence-electron chi connectivity index (χ1n) is 6.01. The fourth-order valence-electron chi connectivity index (χ4n) is 1.71. The van der Waals surface area contributed by atoms with Crippen LogP contribution < -0.4 is 4.74 Å². The molecule has 1 heterocycles. The zero-order chi connectivity index (χ0) is 13.7. The Kier molecular flexibility index (Phi) is 4.35. The Morgan fingerprint density at radius 3 is 2.58 bits per heavy atom. The number of hydrogen-bond donors (Lipinski definition) is 2. The first-order chi connectivity index (χ1) is 9.22. The minimum absolute atomic E-state index is 0.00318. The third-order valence-corrected chi connectivity index (χ3v) is 2.71. The number of phenols is 1. The van der Waals surface area contributed by atoms with Gasteiger partial charge in [0.25, 0.3) is 0 Å². The molecule has 102 valence electrons. The summed E-state index contributed by atoms with van der Waals surface area (Å²) in [4.78, 5) is 0. The van der Waals surface area contributed by atoms with Crippen molar-refractivity contribution in [1.82, 2.24) is 10.2 Å². The van der Waals surface area contributed by atoms with Crippen LogP contribution in [0, 0.1) is 0 Å². The van der Waals surface area contributed by atoms with Gasteiger partial charge in [0.2, 0.25) is 11.8 Å². The Labute approximate surface area is 110 Å². The number of aliphatic hydroxyl groups is 1. The summed E-state index contributed by atoms with van der Waals surface area (Å²) in [6.45, 7) is -0.00318. The standard InChI is InChI=1S/C13H16N2O4/c1-18-11-8-9(2-4-10(11)17)3-5-12-14-15-13(19-12)6-7-16/h2,4,8,16-17H,3,5-7H2,1H3. The number of ether oxygens (including phenoxy) is 1. The third kappa shape index (κ3) is 3.45. The summed E-state index contributed by atoms with van der Waals surface area (Å²) in [5.41, 5.74) is 1.01. The van der Waals surface area contributed by atoms with Gasteiger partial charge < -0.3 is 19.4 Å². The van der Waals surface area contributed by atoms with Crippen molar-refractivity contribution < 1.29 is 19.4 Å². The van der Waals surface area contributed by atoms with Crippen LogP contribution in [-0.2, 0) is 19.3 Å². The zero-order valence-electron chi connectivity index (χ0n) is 10.7. The molecule has 19 heavy (non-hydrogen) atoms. The third-order valence-electron chi connectivity index (χ3n) is 2.71. The van der Waals surface area contributed by atoms with Crippen molar-refractivity contribution in [3.8, 4) is 11.5 Å². The van der Waals surface area contributed by atoms with E-state index in [2.05, 4.69) is 10.2 Å². The number of phenolic OH excluding ortho intramolecular Hbond substituents is 1. The molecular weight excluding hydrogens is 248 g/mol. The summed E-state index contributed by atoms with van der Waals surface area (Å²) in [5, 5.41) is 26.0. The summed E-state index contributed by atoms with van der Waals surface area (Å²) in [6, 6.07) is 5.20.